The molecule has 0 amide bonds. The van der Waals surface area contributed by atoms with Gasteiger partial charge < -0.3 is 14.2 Å². The zero-order valence-corrected chi connectivity index (χ0v) is 16.6. The molecule has 0 saturated carbocycles. The van der Waals surface area contributed by atoms with E-state index >= 15 is 0 Å². The zero-order chi connectivity index (χ0) is 18.7. The minimum Gasteiger partial charge on any atom is -0.465 e. The first-order valence-corrected chi connectivity index (χ1v) is 9.37. The fourth-order valence-electron chi connectivity index (χ4n) is 2.92. The van der Waals surface area contributed by atoms with Crippen LogP contribution in [0.4, 0.5) is 0 Å². The molecule has 0 bridgehead atoms. The number of carbonyl (C=O) groups excluding carboxylic acids is 1. The molecule has 1 aromatic rings. The molecule has 1 saturated heterocycles. The van der Waals surface area contributed by atoms with Crippen molar-refractivity contribution in [3.8, 4) is 0 Å². The van der Waals surface area contributed by atoms with Gasteiger partial charge in [-0.05, 0) is 39.7 Å². The molecule has 0 aliphatic carbocycles. The molecule has 2 atom stereocenters. The Bertz CT molecular complexity index is 590. The third-order valence-electron chi connectivity index (χ3n) is 4.58. The van der Waals surface area contributed by atoms with Crippen LogP contribution in [-0.2, 0) is 19.0 Å². The van der Waals surface area contributed by atoms with Crippen molar-refractivity contribution < 1.29 is 19.0 Å². The number of benzene rings is 1. The van der Waals surface area contributed by atoms with Crippen molar-refractivity contribution in [1.29, 1.82) is 0 Å². The summed E-state index contributed by atoms with van der Waals surface area (Å²) in [5, 5.41) is 0.663. The minimum atomic E-state index is -0.609. The highest BCUT2D eigenvalue weighted by molar-refractivity contribution is 6.31. The average molecular weight is 369 g/mol. The van der Waals surface area contributed by atoms with E-state index in [4.69, 9.17) is 25.8 Å². The van der Waals surface area contributed by atoms with E-state index in [1.807, 2.05) is 45.0 Å². The van der Waals surface area contributed by atoms with Crippen molar-refractivity contribution in [2.24, 2.45) is 5.41 Å². The Morgan fingerprint density at radius 1 is 1.20 bits per heavy atom. The van der Waals surface area contributed by atoms with Crippen LogP contribution >= 0.6 is 11.6 Å². The molecule has 25 heavy (non-hydrogen) atoms. The van der Waals surface area contributed by atoms with Gasteiger partial charge in [-0.1, -0.05) is 43.6 Å². The first-order valence-electron chi connectivity index (χ1n) is 8.99. The van der Waals surface area contributed by atoms with E-state index in [1.165, 1.54) is 0 Å². The van der Waals surface area contributed by atoms with Gasteiger partial charge in [-0.2, -0.15) is 0 Å². The lowest BCUT2D eigenvalue weighted by Crippen LogP contribution is -2.29. The fourth-order valence-corrected chi connectivity index (χ4v) is 3.16. The summed E-state index contributed by atoms with van der Waals surface area (Å²) in [5.41, 5.74) is 0.409. The molecule has 1 fully saturated rings. The zero-order valence-electron chi connectivity index (χ0n) is 15.8. The van der Waals surface area contributed by atoms with Gasteiger partial charge in [0.15, 0.2) is 5.79 Å². The van der Waals surface area contributed by atoms with E-state index in [0.29, 0.717) is 18.1 Å². The number of halogens is 1. The number of ether oxygens (including phenoxy) is 3. The Hall–Kier alpha value is -1.10. The second-order valence-corrected chi connectivity index (χ2v) is 7.92. The van der Waals surface area contributed by atoms with Gasteiger partial charge in [-0.3, -0.25) is 4.79 Å². The highest BCUT2D eigenvalue weighted by Crippen LogP contribution is 2.45. The van der Waals surface area contributed by atoms with E-state index in [2.05, 4.69) is 13.8 Å². The van der Waals surface area contributed by atoms with Gasteiger partial charge in [0.05, 0.1) is 18.1 Å². The Kier molecular flexibility index (Phi) is 6.52. The van der Waals surface area contributed by atoms with Gasteiger partial charge in [0.2, 0.25) is 0 Å². The monoisotopic (exact) mass is 368 g/mol. The second-order valence-electron chi connectivity index (χ2n) is 7.51. The predicted octanol–water partition coefficient (Wildman–Crippen LogP) is 5.29. The molecule has 140 valence electrons. The summed E-state index contributed by atoms with van der Waals surface area (Å²) in [7, 11) is 0. The minimum absolute atomic E-state index is 0.201. The highest BCUT2D eigenvalue weighted by atomic mass is 35.5. The van der Waals surface area contributed by atoms with Crippen LogP contribution < -0.4 is 0 Å². The molecule has 4 nitrogen and oxygen atoms in total. The van der Waals surface area contributed by atoms with Crippen LogP contribution in [0.2, 0.25) is 5.02 Å². The summed E-state index contributed by atoms with van der Waals surface area (Å²) in [6, 6.07) is 7.66. The number of hydrogen-bond donors (Lipinski definition) is 0. The molecule has 1 aromatic carbocycles. The average Bonchev–Trinajstić information content (AvgIpc) is 2.94. The third kappa shape index (κ3) is 4.75. The number of rotatable bonds is 6. The van der Waals surface area contributed by atoms with Crippen molar-refractivity contribution in [3.63, 3.8) is 0 Å². The van der Waals surface area contributed by atoms with Crippen molar-refractivity contribution in [2.75, 3.05) is 6.61 Å². The molecule has 1 aliphatic rings. The normalized spacial score (nSPS) is 22.8. The van der Waals surface area contributed by atoms with E-state index in [1.54, 1.807) is 0 Å². The molecule has 1 unspecified atom stereocenters. The van der Waals surface area contributed by atoms with Crippen molar-refractivity contribution in [2.45, 2.75) is 71.9 Å². The van der Waals surface area contributed by atoms with Crippen molar-refractivity contribution >= 4 is 17.6 Å². The molecule has 5 heteroatoms. The van der Waals surface area contributed by atoms with Gasteiger partial charge in [0.1, 0.15) is 6.10 Å². The second kappa shape index (κ2) is 8.07. The molecule has 2 rings (SSSR count). The van der Waals surface area contributed by atoms with Crippen LogP contribution in [0.1, 0.15) is 65.5 Å². The molecule has 1 heterocycles. The predicted molar refractivity (Wildman–Crippen MR) is 98.5 cm³/mol. The summed E-state index contributed by atoms with van der Waals surface area (Å²) < 4.78 is 18.0. The number of esters is 1. The molecule has 0 radical (unpaired) electrons. The molecule has 1 aliphatic heterocycles. The Balaban J connectivity index is 2.12. The summed E-state index contributed by atoms with van der Waals surface area (Å²) in [5.74, 6) is -0.819. The van der Waals surface area contributed by atoms with Gasteiger partial charge in [0.25, 0.3) is 0 Å². The van der Waals surface area contributed by atoms with Crippen molar-refractivity contribution in [3.05, 3.63) is 34.9 Å². The van der Waals surface area contributed by atoms with Gasteiger partial charge in [-0.15, -0.1) is 0 Å². The van der Waals surface area contributed by atoms with E-state index in [9.17, 15) is 4.79 Å². The molecule has 0 spiro atoms. The van der Waals surface area contributed by atoms with Crippen LogP contribution in [0.25, 0.3) is 0 Å². The van der Waals surface area contributed by atoms with E-state index < -0.39 is 11.2 Å². The topological polar surface area (TPSA) is 44.8 Å². The highest BCUT2D eigenvalue weighted by Gasteiger charge is 2.46. The van der Waals surface area contributed by atoms with Gasteiger partial charge >= 0.3 is 5.97 Å². The smallest absolute Gasteiger partial charge is 0.311 e. The molecule has 0 aromatic heterocycles. The summed E-state index contributed by atoms with van der Waals surface area (Å²) in [6.45, 7) is 9.93. The summed E-state index contributed by atoms with van der Waals surface area (Å²) in [6.07, 6.45) is 1.61. The first kappa shape index (κ1) is 20.2. The van der Waals surface area contributed by atoms with Crippen LogP contribution in [0.5, 0.6) is 0 Å². The fraction of sp³-hybridized carbons (Fsp3) is 0.650. The quantitative estimate of drug-likeness (QED) is 0.640. The van der Waals surface area contributed by atoms with Gasteiger partial charge in [0, 0.05) is 17.0 Å². The van der Waals surface area contributed by atoms with Crippen molar-refractivity contribution in [1.82, 2.24) is 0 Å². The first-order chi connectivity index (χ1) is 11.7. The molecular formula is C20H29ClO4. The Morgan fingerprint density at radius 2 is 1.84 bits per heavy atom. The van der Waals surface area contributed by atoms with Crippen LogP contribution in [-0.4, -0.2) is 24.5 Å². The van der Waals surface area contributed by atoms with Crippen LogP contribution in [0.3, 0.4) is 0 Å². The summed E-state index contributed by atoms with van der Waals surface area (Å²) >= 11 is 6.37. The maximum atomic E-state index is 12.0. The number of carbonyl (C=O) groups is 1. The Morgan fingerprint density at radius 3 is 2.40 bits per heavy atom. The lowest BCUT2D eigenvalue weighted by Gasteiger charge is -2.25. The third-order valence-corrected chi connectivity index (χ3v) is 4.93. The maximum absolute atomic E-state index is 12.0. The standard InChI is InChI=1S/C20H29ClO4/c1-6-20(7-2)24-16(12-13-23-18(22)19(3,4)5)17(25-20)14-10-8-9-11-15(14)21/h8-11,16-17H,6-7,12-13H2,1-5H3/t16-,17?/m1/s1. The SMILES string of the molecule is CCC1(CC)OC(c2ccccc2Cl)[C@@H](CCOC(=O)C(C)(C)C)O1. The van der Waals surface area contributed by atoms with E-state index in [0.717, 1.165) is 18.4 Å². The van der Waals surface area contributed by atoms with Crippen LogP contribution in [0.15, 0.2) is 24.3 Å². The van der Waals surface area contributed by atoms with Crippen LogP contribution in [0, 0.1) is 5.41 Å². The van der Waals surface area contributed by atoms with Gasteiger partial charge in [-0.25, -0.2) is 0 Å². The lowest BCUT2D eigenvalue weighted by atomic mass is 9.97. The Labute approximate surface area is 155 Å². The molecule has 0 N–H and O–H groups in total. The summed E-state index contributed by atoms with van der Waals surface area (Å²) in [4.78, 5) is 12.0. The van der Waals surface area contributed by atoms with E-state index in [-0.39, 0.29) is 18.2 Å². The largest absolute Gasteiger partial charge is 0.465 e. The molecular weight excluding hydrogens is 340 g/mol. The number of hydrogen-bond acceptors (Lipinski definition) is 4. The lowest BCUT2D eigenvalue weighted by molar-refractivity contribution is -0.181. The maximum Gasteiger partial charge on any atom is 0.311 e.